The van der Waals surface area contributed by atoms with Crippen LogP contribution in [0.15, 0.2) is 0 Å². The summed E-state index contributed by atoms with van der Waals surface area (Å²) in [6.45, 7) is 8.85. The third-order valence-corrected chi connectivity index (χ3v) is 4.62. The predicted octanol–water partition coefficient (Wildman–Crippen LogP) is -0.0136. The summed E-state index contributed by atoms with van der Waals surface area (Å²) >= 11 is 0. The van der Waals surface area contributed by atoms with Crippen LogP contribution in [0.3, 0.4) is 0 Å². The lowest BCUT2D eigenvalue weighted by Crippen LogP contribution is -2.47. The minimum atomic E-state index is -0.770. The van der Waals surface area contributed by atoms with Crippen LogP contribution in [0.4, 0.5) is 0 Å². The van der Waals surface area contributed by atoms with Crippen molar-refractivity contribution in [2.75, 3.05) is 13.2 Å². The Balaban J connectivity index is 2.40. The number of hydrogen-bond donors (Lipinski definition) is 6. The molecular weight excluding hydrogens is 296 g/mol. The van der Waals surface area contributed by atoms with E-state index >= 15 is 0 Å². The van der Waals surface area contributed by atoms with Crippen molar-refractivity contribution in [2.45, 2.75) is 89.8 Å². The zero-order chi connectivity index (χ0) is 17.6. The van der Waals surface area contributed by atoms with Gasteiger partial charge in [0, 0.05) is 12.1 Å². The average Bonchev–Trinajstić information content (AvgIpc) is 3.26. The van der Waals surface area contributed by atoms with E-state index in [1.54, 1.807) is 0 Å². The fraction of sp³-hybridized carbons (Fsp3) is 1.00. The van der Waals surface area contributed by atoms with Crippen molar-refractivity contribution in [1.82, 2.24) is 10.6 Å². The molecule has 0 aromatic heterocycles. The van der Waals surface area contributed by atoms with Gasteiger partial charge in [0.25, 0.3) is 0 Å². The van der Waals surface area contributed by atoms with Crippen molar-refractivity contribution in [3.63, 3.8) is 0 Å². The van der Waals surface area contributed by atoms with E-state index in [4.69, 9.17) is 5.11 Å². The van der Waals surface area contributed by atoms with Gasteiger partial charge < -0.3 is 31.1 Å². The summed E-state index contributed by atoms with van der Waals surface area (Å²) in [6.07, 6.45) is 0.939. The zero-order valence-corrected chi connectivity index (χ0v) is 15.0. The molecule has 0 bridgehead atoms. The van der Waals surface area contributed by atoms with Crippen molar-refractivity contribution >= 4 is 0 Å². The van der Waals surface area contributed by atoms with E-state index in [0.29, 0.717) is 13.0 Å². The topological polar surface area (TPSA) is 115 Å². The number of nitrogens with one attached hydrogen (secondary N) is 2. The predicted molar refractivity (Wildman–Crippen MR) is 91.2 cm³/mol. The maximum Gasteiger partial charge on any atom is 0.0951 e. The van der Waals surface area contributed by atoms with E-state index < -0.39 is 18.3 Å². The fourth-order valence-electron chi connectivity index (χ4n) is 2.86. The molecular formula is C17H36N2O4. The molecule has 23 heavy (non-hydrogen) atoms. The van der Waals surface area contributed by atoms with Crippen molar-refractivity contribution in [3.8, 4) is 0 Å². The Kier molecular flexibility index (Phi) is 8.41. The van der Waals surface area contributed by atoms with E-state index in [2.05, 4.69) is 31.4 Å². The highest BCUT2D eigenvalue weighted by molar-refractivity contribution is 5.02. The first kappa shape index (κ1) is 20.8. The van der Waals surface area contributed by atoms with E-state index in [1.165, 1.54) is 0 Å². The van der Waals surface area contributed by atoms with Gasteiger partial charge >= 0.3 is 0 Å². The Morgan fingerprint density at radius 1 is 1.17 bits per heavy atom. The lowest BCUT2D eigenvalue weighted by Gasteiger charge is -2.30. The molecule has 0 saturated carbocycles. The van der Waals surface area contributed by atoms with Crippen LogP contribution in [0.2, 0.25) is 0 Å². The highest BCUT2D eigenvalue weighted by Crippen LogP contribution is 2.24. The van der Waals surface area contributed by atoms with Crippen molar-refractivity contribution in [3.05, 3.63) is 0 Å². The van der Waals surface area contributed by atoms with E-state index in [9.17, 15) is 15.3 Å². The molecule has 6 N–H and O–H groups in total. The molecule has 0 radical (unpaired) electrons. The molecule has 0 aliphatic carbocycles. The molecule has 1 rings (SSSR count). The molecule has 6 heteroatoms. The van der Waals surface area contributed by atoms with Crippen LogP contribution in [0.1, 0.15) is 53.4 Å². The van der Waals surface area contributed by atoms with Gasteiger partial charge in [0.05, 0.1) is 31.0 Å². The normalized spacial score (nSPS) is 26.6. The van der Waals surface area contributed by atoms with Crippen molar-refractivity contribution in [2.24, 2.45) is 5.41 Å². The monoisotopic (exact) mass is 332 g/mol. The van der Waals surface area contributed by atoms with Gasteiger partial charge in [-0.25, -0.2) is 0 Å². The molecule has 6 atom stereocenters. The number of aliphatic hydroxyl groups excluding tert-OH is 4. The van der Waals surface area contributed by atoms with Crippen molar-refractivity contribution < 1.29 is 20.4 Å². The third-order valence-electron chi connectivity index (χ3n) is 4.62. The van der Waals surface area contributed by atoms with Crippen molar-refractivity contribution in [1.29, 1.82) is 0 Å². The molecule has 1 saturated heterocycles. The highest BCUT2D eigenvalue weighted by atomic mass is 16.3. The molecule has 0 spiro atoms. The fourth-order valence-corrected chi connectivity index (χ4v) is 2.86. The van der Waals surface area contributed by atoms with Gasteiger partial charge in [-0.1, -0.05) is 27.7 Å². The summed E-state index contributed by atoms with van der Waals surface area (Å²) < 4.78 is 0. The number of rotatable bonds is 11. The molecule has 0 aromatic rings. The molecule has 0 aromatic carbocycles. The molecule has 6 nitrogen and oxygen atoms in total. The first-order valence-electron chi connectivity index (χ1n) is 8.84. The Bertz CT molecular complexity index is 335. The second kappa shape index (κ2) is 9.30. The van der Waals surface area contributed by atoms with Crippen LogP contribution in [-0.2, 0) is 0 Å². The SMILES string of the molecule is CCC(O)C(O)C(CCC(C)(C)C)NCCC1NC1C(O)CO. The quantitative estimate of drug-likeness (QED) is 0.297. The second-order valence-electron chi connectivity index (χ2n) is 7.96. The molecule has 138 valence electrons. The third kappa shape index (κ3) is 7.45. The lowest BCUT2D eigenvalue weighted by molar-refractivity contribution is -0.00931. The first-order valence-corrected chi connectivity index (χ1v) is 8.84. The first-order chi connectivity index (χ1) is 10.7. The standard InChI is InChI=1S/C17H36N2O4/c1-5-13(21)16(23)12(6-8-17(2,3)4)18-9-7-11-15(19-11)14(22)10-20/h11-16,18-23H,5-10H2,1-4H3. The van der Waals surface area contributed by atoms with Crippen LogP contribution in [0.25, 0.3) is 0 Å². The van der Waals surface area contributed by atoms with Crippen LogP contribution in [-0.4, -0.2) is 70.0 Å². The maximum absolute atomic E-state index is 10.3. The van der Waals surface area contributed by atoms with E-state index in [1.807, 2.05) is 6.92 Å². The van der Waals surface area contributed by atoms with E-state index in [0.717, 1.165) is 19.3 Å². The Morgan fingerprint density at radius 2 is 1.83 bits per heavy atom. The summed E-state index contributed by atoms with van der Waals surface area (Å²) in [5.41, 5.74) is 0.186. The van der Waals surface area contributed by atoms with Crippen LogP contribution < -0.4 is 10.6 Å². The molecule has 6 unspecified atom stereocenters. The maximum atomic E-state index is 10.3. The lowest BCUT2D eigenvalue weighted by atomic mass is 9.86. The summed E-state index contributed by atoms with van der Waals surface area (Å²) in [4.78, 5) is 0. The van der Waals surface area contributed by atoms with Gasteiger partial charge in [-0.15, -0.1) is 0 Å². The average molecular weight is 332 g/mol. The zero-order valence-electron chi connectivity index (χ0n) is 15.0. The highest BCUT2D eigenvalue weighted by Gasteiger charge is 2.40. The minimum Gasteiger partial charge on any atom is -0.394 e. The largest absolute Gasteiger partial charge is 0.394 e. The van der Waals surface area contributed by atoms with Gasteiger partial charge in [-0.3, -0.25) is 0 Å². The number of hydrogen-bond acceptors (Lipinski definition) is 6. The van der Waals surface area contributed by atoms with Gasteiger partial charge in [-0.05, 0) is 37.6 Å². The molecule has 1 aliphatic rings. The summed E-state index contributed by atoms with van der Waals surface area (Å²) in [6, 6.07) is 0.0475. The summed E-state index contributed by atoms with van der Waals surface area (Å²) in [7, 11) is 0. The minimum absolute atomic E-state index is 0.0269. The van der Waals surface area contributed by atoms with Gasteiger partial charge in [0.2, 0.25) is 0 Å². The Labute approximate surface area is 140 Å². The Morgan fingerprint density at radius 3 is 2.35 bits per heavy atom. The van der Waals surface area contributed by atoms with Crippen LogP contribution in [0, 0.1) is 5.41 Å². The summed E-state index contributed by atoms with van der Waals surface area (Å²) in [5.74, 6) is 0. The van der Waals surface area contributed by atoms with E-state index in [-0.39, 0.29) is 30.1 Å². The number of aliphatic hydroxyl groups is 4. The second-order valence-corrected chi connectivity index (χ2v) is 7.96. The van der Waals surface area contributed by atoms with Crippen LogP contribution in [0.5, 0.6) is 0 Å². The van der Waals surface area contributed by atoms with Crippen LogP contribution >= 0.6 is 0 Å². The van der Waals surface area contributed by atoms with Gasteiger partial charge in [0.15, 0.2) is 0 Å². The Hall–Kier alpha value is -0.240. The molecule has 1 heterocycles. The molecule has 0 amide bonds. The van der Waals surface area contributed by atoms with Gasteiger partial charge in [-0.2, -0.15) is 0 Å². The smallest absolute Gasteiger partial charge is 0.0951 e. The molecule has 1 aliphatic heterocycles. The summed E-state index contributed by atoms with van der Waals surface area (Å²) in [5, 5.41) is 45.2. The van der Waals surface area contributed by atoms with Gasteiger partial charge in [0.1, 0.15) is 0 Å². The molecule has 1 fully saturated rings.